The van der Waals surface area contributed by atoms with Crippen LogP contribution >= 0.6 is 6.60 Å². The predicted octanol–water partition coefficient (Wildman–Crippen LogP) is 1.25. The minimum atomic E-state index is -1.76. The second kappa shape index (κ2) is 1.29. The monoisotopic (exact) mass is 120 g/mol. The van der Waals surface area contributed by atoms with E-state index >= 15 is 0 Å². The first-order chi connectivity index (χ1) is 2.81. The molecule has 0 amide bonds. The van der Waals surface area contributed by atoms with E-state index in [1.807, 2.05) is 26.7 Å². The molecule has 0 aromatic heterocycles. The molecule has 0 aliphatic carbocycles. The van der Waals surface area contributed by atoms with Gasteiger partial charge in [0.15, 0.2) is 0 Å². The van der Waals surface area contributed by atoms with E-state index in [0.29, 0.717) is 0 Å². The van der Waals surface area contributed by atoms with Gasteiger partial charge >= 0.3 is 44.1 Å². The van der Waals surface area contributed by atoms with Gasteiger partial charge in [0.05, 0.1) is 0 Å². The van der Waals surface area contributed by atoms with E-state index in [1.165, 1.54) is 0 Å². The van der Waals surface area contributed by atoms with E-state index in [9.17, 15) is 4.79 Å². The van der Waals surface area contributed by atoms with Crippen molar-refractivity contribution in [3.8, 4) is 0 Å². The van der Waals surface area contributed by atoms with E-state index in [4.69, 9.17) is 0 Å². The number of carbonyl (C=O) groups is 1. The van der Waals surface area contributed by atoms with Crippen molar-refractivity contribution in [1.29, 1.82) is 0 Å². The summed E-state index contributed by atoms with van der Waals surface area (Å²) in [5.41, 5.74) is 0. The maximum atomic E-state index is 10.2. The van der Waals surface area contributed by atoms with E-state index in [0.717, 1.165) is 6.03 Å². The summed E-state index contributed by atoms with van der Waals surface area (Å²) < 4.78 is 0. The zero-order chi connectivity index (χ0) is 6.15. The van der Waals surface area contributed by atoms with Crippen LogP contribution in [0.2, 0.25) is 0 Å². The van der Waals surface area contributed by atoms with Crippen molar-refractivity contribution >= 4 is 12.6 Å². The average Bonchev–Trinajstić information content (AvgIpc) is 1.32. The molecule has 0 aliphatic rings. The van der Waals surface area contributed by atoms with E-state index in [1.54, 1.807) is 0 Å². The van der Waals surface area contributed by atoms with Gasteiger partial charge in [0.25, 0.3) is 0 Å². The Hall–Kier alpha value is 0.100. The Morgan fingerprint density at radius 2 is 1.29 bits per heavy atom. The third-order valence-electron chi connectivity index (χ3n) is 0.422. The predicted molar refractivity (Wildman–Crippen MR) is 37.4 cm³/mol. The molecule has 0 heterocycles. The van der Waals surface area contributed by atoms with Crippen LogP contribution in [-0.2, 0) is 4.79 Å². The first-order valence-corrected chi connectivity index (χ1v) is 6.38. The van der Waals surface area contributed by atoms with Gasteiger partial charge in [-0.1, -0.05) is 0 Å². The first-order valence-electron chi connectivity index (χ1n) is 2.28. The van der Waals surface area contributed by atoms with E-state index < -0.39 is 6.60 Å². The third kappa shape index (κ3) is 6.10. The van der Waals surface area contributed by atoms with Crippen LogP contribution in [0, 0.1) is 0 Å². The van der Waals surface area contributed by atoms with Crippen molar-refractivity contribution in [2.75, 3.05) is 26.7 Å². The molecule has 2 heteroatoms. The summed E-state index contributed by atoms with van der Waals surface area (Å²) in [6.07, 6.45) is 0. The molecule has 0 unspecified atom stereocenters. The van der Waals surface area contributed by atoms with Gasteiger partial charge in [0.1, 0.15) is 0 Å². The van der Waals surface area contributed by atoms with Crippen molar-refractivity contribution in [1.82, 2.24) is 0 Å². The van der Waals surface area contributed by atoms with Gasteiger partial charge in [-0.2, -0.15) is 0 Å². The normalized spacial score (nSPS) is 17.4. The van der Waals surface area contributed by atoms with Crippen molar-refractivity contribution in [2.24, 2.45) is 0 Å². The average molecular weight is 120 g/mol. The van der Waals surface area contributed by atoms with Gasteiger partial charge in [0, 0.05) is 0 Å². The molecule has 0 fully saturated rings. The fourth-order valence-electron chi connectivity index (χ4n) is 0. The summed E-state index contributed by atoms with van der Waals surface area (Å²) >= 11 is 0. The van der Waals surface area contributed by atoms with Gasteiger partial charge in [-0.15, -0.1) is 0 Å². The minimum absolute atomic E-state index is 1.09. The van der Waals surface area contributed by atoms with Crippen molar-refractivity contribution < 1.29 is 4.79 Å². The molecule has 0 saturated heterocycles. The number of carbonyl (C=O) groups excluding carboxylic acids is 1. The Labute approximate surface area is 45.0 Å². The summed E-state index contributed by atoms with van der Waals surface area (Å²) in [6.45, 7) is 6.35. The van der Waals surface area contributed by atoms with Gasteiger partial charge < -0.3 is 0 Å². The summed E-state index contributed by atoms with van der Waals surface area (Å²) in [6, 6.07) is 1.09. The molecule has 44 valence electrons. The molecule has 0 radical (unpaired) electrons. The van der Waals surface area contributed by atoms with Crippen LogP contribution in [0.1, 0.15) is 0 Å². The second-order valence-electron chi connectivity index (χ2n) is 3.82. The maximum absolute atomic E-state index is 10.2. The molecule has 0 aliphatic heterocycles. The molecular formula is C5H13OP. The zero-order valence-electron chi connectivity index (χ0n) is 5.43. The summed E-state index contributed by atoms with van der Waals surface area (Å²) in [4.78, 5) is 10.2. The van der Waals surface area contributed by atoms with Crippen LogP contribution in [0.5, 0.6) is 0 Å². The Morgan fingerprint density at radius 3 is 1.29 bits per heavy atom. The quantitative estimate of drug-likeness (QED) is 0.376. The molecule has 1 nitrogen and oxygen atoms in total. The van der Waals surface area contributed by atoms with Crippen LogP contribution < -0.4 is 0 Å². The van der Waals surface area contributed by atoms with E-state index in [2.05, 4.69) is 0 Å². The summed E-state index contributed by atoms with van der Waals surface area (Å²) in [5.74, 6) is 0. The molecular weight excluding hydrogens is 107 g/mol. The first kappa shape index (κ1) is 7.10. The van der Waals surface area contributed by atoms with Crippen molar-refractivity contribution in [3.05, 3.63) is 0 Å². The Bertz CT molecular complexity index is 78.7. The molecule has 0 rings (SSSR count). The zero-order valence-corrected chi connectivity index (χ0v) is 6.33. The van der Waals surface area contributed by atoms with Crippen LogP contribution in [0.4, 0.5) is 0 Å². The van der Waals surface area contributed by atoms with Gasteiger partial charge in [-0.05, 0) is 0 Å². The molecule has 0 bridgehead atoms. The SMILES string of the molecule is CP(C)(C)(C)C=O. The fourth-order valence-corrected chi connectivity index (χ4v) is 0. The van der Waals surface area contributed by atoms with Gasteiger partial charge in [-0.25, -0.2) is 0 Å². The van der Waals surface area contributed by atoms with Crippen molar-refractivity contribution in [2.45, 2.75) is 0 Å². The molecule has 0 aromatic rings. The number of hydrogen-bond acceptors (Lipinski definition) is 1. The molecule has 7 heavy (non-hydrogen) atoms. The van der Waals surface area contributed by atoms with Crippen LogP contribution in [0.15, 0.2) is 0 Å². The number of hydrogen-bond donors (Lipinski definition) is 0. The van der Waals surface area contributed by atoms with Crippen LogP contribution in [0.3, 0.4) is 0 Å². The van der Waals surface area contributed by atoms with Gasteiger partial charge in [-0.3, -0.25) is 0 Å². The standard InChI is InChI=1S/C5H13OP/c1-7(2,3,4)5-6/h5H,1-4H3. The molecule has 0 atom stereocenters. The molecule has 0 aromatic carbocycles. The molecule has 0 spiro atoms. The Morgan fingerprint density at radius 1 is 1.14 bits per heavy atom. The van der Waals surface area contributed by atoms with Gasteiger partial charge in [0.2, 0.25) is 0 Å². The topological polar surface area (TPSA) is 17.1 Å². The van der Waals surface area contributed by atoms with E-state index in [-0.39, 0.29) is 0 Å². The summed E-state index contributed by atoms with van der Waals surface area (Å²) in [5, 5.41) is 0. The second-order valence-corrected chi connectivity index (χ2v) is 11.5. The Kier molecular flexibility index (Phi) is 1.31. The van der Waals surface area contributed by atoms with Crippen molar-refractivity contribution in [3.63, 3.8) is 0 Å². The molecule has 0 saturated carbocycles. The third-order valence-corrected chi connectivity index (χ3v) is 1.26. The number of rotatable bonds is 1. The molecule has 0 N–H and O–H groups in total. The summed E-state index contributed by atoms with van der Waals surface area (Å²) in [7, 11) is 0. The van der Waals surface area contributed by atoms with Crippen LogP contribution in [0.25, 0.3) is 0 Å². The fraction of sp³-hybridized carbons (Fsp3) is 0.800. The van der Waals surface area contributed by atoms with Crippen LogP contribution in [-0.4, -0.2) is 32.7 Å². The Balaban J connectivity index is 4.10.